The summed E-state index contributed by atoms with van der Waals surface area (Å²) < 4.78 is 0. The number of carbonyl (C=O) groups excluding carboxylic acids is 1. The molecule has 0 atom stereocenters. The maximum Gasteiger partial charge on any atom is 0.228 e. The minimum Gasteiger partial charge on any atom is -0.399 e. The third-order valence-corrected chi connectivity index (χ3v) is 4.37. The average molecular weight is 309 g/mol. The molecule has 4 heteroatoms. The maximum absolute atomic E-state index is 12.5. The Labute approximate surface area is 137 Å². The van der Waals surface area contributed by atoms with E-state index in [1.54, 1.807) is 0 Å². The highest BCUT2D eigenvalue weighted by molar-refractivity contribution is 5.94. The number of aryl methyl sites for hydroxylation is 1. The van der Waals surface area contributed by atoms with Crippen LogP contribution in [0.25, 0.3) is 0 Å². The highest BCUT2D eigenvalue weighted by atomic mass is 16.2. The summed E-state index contributed by atoms with van der Waals surface area (Å²) in [6.45, 7) is 5.32. The zero-order chi connectivity index (χ0) is 16.2. The zero-order valence-corrected chi connectivity index (χ0v) is 13.5. The first-order chi connectivity index (χ1) is 11.1. The van der Waals surface area contributed by atoms with Gasteiger partial charge in [0.25, 0.3) is 0 Å². The van der Waals surface area contributed by atoms with Crippen molar-refractivity contribution >= 4 is 17.3 Å². The van der Waals surface area contributed by atoms with Gasteiger partial charge in [0.2, 0.25) is 5.91 Å². The van der Waals surface area contributed by atoms with Gasteiger partial charge in [-0.25, -0.2) is 0 Å². The van der Waals surface area contributed by atoms with Crippen molar-refractivity contribution in [1.82, 2.24) is 4.90 Å². The molecule has 2 aromatic carbocycles. The topological polar surface area (TPSA) is 49.6 Å². The quantitative estimate of drug-likeness (QED) is 0.887. The predicted octanol–water partition coefficient (Wildman–Crippen LogP) is 2.82. The van der Waals surface area contributed by atoms with Gasteiger partial charge in [0.15, 0.2) is 0 Å². The number of carbonyl (C=O) groups is 1. The molecular formula is C19H23N3O. The number of hydrogen-bond donors (Lipinski definition) is 1. The van der Waals surface area contributed by atoms with Crippen LogP contribution in [0.3, 0.4) is 0 Å². The zero-order valence-electron chi connectivity index (χ0n) is 13.5. The Hall–Kier alpha value is -2.33. The van der Waals surface area contributed by atoms with E-state index in [0.717, 1.165) is 43.1 Å². The molecule has 0 unspecified atom stereocenters. The summed E-state index contributed by atoms with van der Waals surface area (Å²) in [6, 6.07) is 16.1. The Balaban J connectivity index is 1.69. The molecule has 4 nitrogen and oxygen atoms in total. The number of amides is 1. The molecule has 2 aromatic rings. The van der Waals surface area contributed by atoms with Crippen molar-refractivity contribution in [2.45, 2.75) is 19.9 Å². The molecule has 0 aliphatic carbocycles. The van der Waals surface area contributed by atoms with Crippen LogP contribution in [-0.2, 0) is 11.3 Å². The van der Waals surface area contributed by atoms with E-state index >= 15 is 0 Å². The Kier molecular flexibility index (Phi) is 4.63. The number of anilines is 2. The van der Waals surface area contributed by atoms with Crippen molar-refractivity contribution in [3.05, 3.63) is 59.7 Å². The molecule has 3 rings (SSSR count). The van der Waals surface area contributed by atoms with E-state index in [1.807, 2.05) is 35.2 Å². The fraction of sp³-hybridized carbons (Fsp3) is 0.316. The molecule has 1 fully saturated rings. The summed E-state index contributed by atoms with van der Waals surface area (Å²) in [4.78, 5) is 16.8. The first kappa shape index (κ1) is 15.6. The SMILES string of the molecule is Cc1ccccc1N1CCN(Cc2ccc(N)cc2)CCC1=O. The van der Waals surface area contributed by atoms with Crippen LogP contribution in [0.5, 0.6) is 0 Å². The number of rotatable bonds is 3. The summed E-state index contributed by atoms with van der Waals surface area (Å²) in [6.07, 6.45) is 0.559. The Morgan fingerprint density at radius 1 is 1.00 bits per heavy atom. The van der Waals surface area contributed by atoms with Gasteiger partial charge in [-0.3, -0.25) is 9.69 Å². The number of nitrogens with zero attached hydrogens (tertiary/aromatic N) is 2. The van der Waals surface area contributed by atoms with Gasteiger partial charge in [0, 0.05) is 44.0 Å². The van der Waals surface area contributed by atoms with Crippen molar-refractivity contribution in [2.75, 3.05) is 30.3 Å². The molecule has 120 valence electrons. The molecule has 1 aliphatic rings. The summed E-state index contributed by atoms with van der Waals surface area (Å²) >= 11 is 0. The van der Waals surface area contributed by atoms with Gasteiger partial charge in [-0.1, -0.05) is 30.3 Å². The van der Waals surface area contributed by atoms with E-state index in [1.165, 1.54) is 5.56 Å². The van der Waals surface area contributed by atoms with Gasteiger partial charge >= 0.3 is 0 Å². The summed E-state index contributed by atoms with van der Waals surface area (Å²) in [5, 5.41) is 0. The monoisotopic (exact) mass is 309 g/mol. The Bertz CT molecular complexity index is 681. The van der Waals surface area contributed by atoms with E-state index < -0.39 is 0 Å². The van der Waals surface area contributed by atoms with Gasteiger partial charge in [0.05, 0.1) is 0 Å². The molecule has 1 saturated heterocycles. The highest BCUT2D eigenvalue weighted by Crippen LogP contribution is 2.22. The fourth-order valence-corrected chi connectivity index (χ4v) is 3.03. The van der Waals surface area contributed by atoms with Gasteiger partial charge in [-0.05, 0) is 36.2 Å². The lowest BCUT2D eigenvalue weighted by atomic mass is 10.1. The van der Waals surface area contributed by atoms with Gasteiger partial charge in [0.1, 0.15) is 0 Å². The number of nitrogens with two attached hydrogens (primary N) is 1. The molecule has 0 aromatic heterocycles. The van der Waals surface area contributed by atoms with E-state index in [4.69, 9.17) is 5.73 Å². The van der Waals surface area contributed by atoms with Gasteiger partial charge < -0.3 is 10.6 Å². The van der Waals surface area contributed by atoms with E-state index in [0.29, 0.717) is 6.42 Å². The smallest absolute Gasteiger partial charge is 0.228 e. The van der Waals surface area contributed by atoms with Crippen molar-refractivity contribution in [2.24, 2.45) is 0 Å². The maximum atomic E-state index is 12.5. The van der Waals surface area contributed by atoms with Crippen molar-refractivity contribution < 1.29 is 4.79 Å². The third kappa shape index (κ3) is 3.71. The molecule has 0 bridgehead atoms. The second-order valence-corrected chi connectivity index (χ2v) is 6.10. The fourth-order valence-electron chi connectivity index (χ4n) is 3.03. The lowest BCUT2D eigenvalue weighted by Gasteiger charge is -2.23. The van der Waals surface area contributed by atoms with Crippen LogP contribution in [0, 0.1) is 6.92 Å². The number of hydrogen-bond acceptors (Lipinski definition) is 3. The number of nitrogen functional groups attached to an aromatic ring is 1. The van der Waals surface area contributed by atoms with Crippen LogP contribution >= 0.6 is 0 Å². The molecule has 0 spiro atoms. The van der Waals surface area contributed by atoms with E-state index in [9.17, 15) is 4.79 Å². The summed E-state index contributed by atoms with van der Waals surface area (Å²) in [7, 11) is 0. The van der Waals surface area contributed by atoms with Gasteiger partial charge in [-0.15, -0.1) is 0 Å². The standard InChI is InChI=1S/C19H23N3O/c1-15-4-2-3-5-18(15)22-13-12-21(11-10-19(22)23)14-16-6-8-17(20)9-7-16/h2-9H,10-14,20H2,1H3. The van der Waals surface area contributed by atoms with E-state index in [2.05, 4.69) is 30.0 Å². The van der Waals surface area contributed by atoms with Crippen molar-refractivity contribution in [3.8, 4) is 0 Å². The summed E-state index contributed by atoms with van der Waals surface area (Å²) in [5.74, 6) is 0.208. The van der Waals surface area contributed by atoms with E-state index in [-0.39, 0.29) is 5.91 Å². The van der Waals surface area contributed by atoms with Crippen molar-refractivity contribution in [1.29, 1.82) is 0 Å². The molecular weight excluding hydrogens is 286 g/mol. The molecule has 2 N–H and O–H groups in total. The normalized spacial score (nSPS) is 16.4. The third-order valence-electron chi connectivity index (χ3n) is 4.37. The minimum atomic E-state index is 0.208. The lowest BCUT2D eigenvalue weighted by molar-refractivity contribution is -0.118. The number of benzene rings is 2. The second kappa shape index (κ2) is 6.84. The Morgan fingerprint density at radius 2 is 1.74 bits per heavy atom. The number of para-hydroxylation sites is 1. The van der Waals surface area contributed by atoms with Crippen molar-refractivity contribution in [3.63, 3.8) is 0 Å². The van der Waals surface area contributed by atoms with Crippen LogP contribution in [0.2, 0.25) is 0 Å². The largest absolute Gasteiger partial charge is 0.399 e. The van der Waals surface area contributed by atoms with Crippen LogP contribution in [-0.4, -0.2) is 30.4 Å². The molecule has 1 heterocycles. The molecule has 0 radical (unpaired) electrons. The highest BCUT2D eigenvalue weighted by Gasteiger charge is 2.22. The minimum absolute atomic E-state index is 0.208. The Morgan fingerprint density at radius 3 is 2.48 bits per heavy atom. The molecule has 1 aliphatic heterocycles. The van der Waals surface area contributed by atoms with Crippen LogP contribution in [0.4, 0.5) is 11.4 Å². The first-order valence-electron chi connectivity index (χ1n) is 8.06. The van der Waals surface area contributed by atoms with Gasteiger partial charge in [-0.2, -0.15) is 0 Å². The average Bonchev–Trinajstić information content (AvgIpc) is 2.73. The predicted molar refractivity (Wildman–Crippen MR) is 94.3 cm³/mol. The molecule has 0 saturated carbocycles. The van der Waals surface area contributed by atoms with Crippen LogP contribution < -0.4 is 10.6 Å². The van der Waals surface area contributed by atoms with Crippen LogP contribution in [0.1, 0.15) is 17.5 Å². The molecule has 1 amide bonds. The second-order valence-electron chi connectivity index (χ2n) is 6.10. The molecule has 23 heavy (non-hydrogen) atoms. The summed E-state index contributed by atoms with van der Waals surface area (Å²) in [5.41, 5.74) is 9.93. The lowest BCUT2D eigenvalue weighted by Crippen LogP contribution is -2.33. The first-order valence-corrected chi connectivity index (χ1v) is 8.06. The van der Waals surface area contributed by atoms with Crippen LogP contribution in [0.15, 0.2) is 48.5 Å².